The normalized spacial score (nSPS) is 25.8. The van der Waals surface area contributed by atoms with E-state index in [9.17, 15) is 27.6 Å². The predicted molar refractivity (Wildman–Crippen MR) is 161 cm³/mol. The van der Waals surface area contributed by atoms with Gasteiger partial charge in [-0.3, -0.25) is 24.1 Å². The largest absolute Gasteiger partial charge is 0.488 e. The summed E-state index contributed by atoms with van der Waals surface area (Å²) in [4.78, 5) is 59.4. The number of hydrogen-bond donors (Lipinski definition) is 3. The minimum Gasteiger partial charge on any atom is -0.488 e. The standard InChI is InChI=1S/C30H43N5O8S/c1-8-18-16-30(18,26(38)34-44(40,41)21-9-10-21)33-24(36)22-15-20(42-19-11-13-31-14-12-19)17-35(22)25(37)23(28(2,3)4)32-27(39)43-29(5,6)7/h8,11-14,18,20-23H,1,9-10,15-17H2,2-7H3,(H,32,39)(H,33,36)(H,34,38)/t18-,20-,22+,23-,30-/m1/s1. The van der Waals surface area contributed by atoms with Gasteiger partial charge in [0.25, 0.3) is 5.91 Å². The third kappa shape index (κ3) is 7.69. The van der Waals surface area contributed by atoms with Crippen molar-refractivity contribution in [2.24, 2.45) is 11.3 Å². The Morgan fingerprint density at radius 2 is 1.75 bits per heavy atom. The molecule has 2 heterocycles. The van der Waals surface area contributed by atoms with Crippen molar-refractivity contribution in [3.8, 4) is 5.75 Å². The number of alkyl carbamates (subject to hydrolysis) is 1. The molecule has 2 aliphatic carbocycles. The number of nitrogens with zero attached hydrogens (tertiary/aromatic N) is 2. The van der Waals surface area contributed by atoms with Crippen LogP contribution in [0.3, 0.4) is 0 Å². The number of likely N-dealkylation sites (tertiary alicyclic amines) is 1. The summed E-state index contributed by atoms with van der Waals surface area (Å²) in [6.07, 6.45) is 4.40. The molecule has 14 heteroatoms. The Morgan fingerprint density at radius 3 is 2.27 bits per heavy atom. The van der Waals surface area contributed by atoms with E-state index in [-0.39, 0.29) is 19.4 Å². The molecule has 0 spiro atoms. The van der Waals surface area contributed by atoms with Crippen molar-refractivity contribution in [3.05, 3.63) is 37.2 Å². The van der Waals surface area contributed by atoms with E-state index in [0.717, 1.165) is 0 Å². The van der Waals surface area contributed by atoms with E-state index >= 15 is 0 Å². The number of sulfonamides is 1. The zero-order chi connectivity index (χ0) is 32.7. The first-order valence-corrected chi connectivity index (χ1v) is 16.3. The number of carbonyl (C=O) groups excluding carboxylic acids is 4. The van der Waals surface area contributed by atoms with E-state index in [4.69, 9.17) is 9.47 Å². The SMILES string of the molecule is C=C[C@@H]1C[C@]1(NC(=O)[C@@H]1C[C@@H](Oc2ccncc2)CN1C(=O)[C@@H](NC(=O)OC(C)(C)C)C(C)(C)C)C(=O)NS(=O)(=O)C1CC1. The number of pyridine rings is 1. The van der Waals surface area contributed by atoms with Crippen LogP contribution in [0.15, 0.2) is 37.2 Å². The van der Waals surface area contributed by atoms with Crippen LogP contribution in [0.1, 0.15) is 67.2 Å². The highest BCUT2D eigenvalue weighted by Crippen LogP contribution is 2.45. The summed E-state index contributed by atoms with van der Waals surface area (Å²) in [7, 11) is -3.86. The highest BCUT2D eigenvalue weighted by atomic mass is 32.2. The molecular weight excluding hydrogens is 590 g/mol. The van der Waals surface area contributed by atoms with Gasteiger partial charge in [0, 0.05) is 24.7 Å². The molecule has 5 atom stereocenters. The second-order valence-electron chi connectivity index (χ2n) is 13.8. The summed E-state index contributed by atoms with van der Waals surface area (Å²) in [6, 6.07) is 1.14. The molecule has 2 saturated carbocycles. The van der Waals surface area contributed by atoms with E-state index in [1.165, 1.54) is 11.0 Å². The van der Waals surface area contributed by atoms with Gasteiger partial charge in [0.05, 0.1) is 11.8 Å². The third-order valence-corrected chi connectivity index (χ3v) is 9.64. The van der Waals surface area contributed by atoms with Crippen molar-refractivity contribution in [1.29, 1.82) is 0 Å². The van der Waals surface area contributed by atoms with Crippen LogP contribution < -0.4 is 20.1 Å². The maximum Gasteiger partial charge on any atom is 0.408 e. The summed E-state index contributed by atoms with van der Waals surface area (Å²) < 4.78 is 38.7. The molecule has 0 unspecified atom stereocenters. The van der Waals surface area contributed by atoms with Crippen LogP contribution in [0.4, 0.5) is 4.79 Å². The van der Waals surface area contributed by atoms with Crippen molar-refractivity contribution in [2.75, 3.05) is 6.54 Å². The maximum atomic E-state index is 14.1. The average molecular weight is 634 g/mol. The highest BCUT2D eigenvalue weighted by Gasteiger charge is 2.62. The molecule has 3 aliphatic rings. The summed E-state index contributed by atoms with van der Waals surface area (Å²) in [5.74, 6) is -2.01. The molecule has 0 radical (unpaired) electrons. The number of rotatable bonds is 10. The lowest BCUT2D eigenvalue weighted by molar-refractivity contribution is -0.143. The van der Waals surface area contributed by atoms with E-state index in [0.29, 0.717) is 18.6 Å². The van der Waals surface area contributed by atoms with Crippen LogP contribution in [0.2, 0.25) is 0 Å². The summed E-state index contributed by atoms with van der Waals surface area (Å²) in [5, 5.41) is 4.80. The molecule has 1 aliphatic heterocycles. The number of aromatic nitrogens is 1. The fourth-order valence-electron chi connectivity index (χ4n) is 5.24. The molecule has 44 heavy (non-hydrogen) atoms. The number of hydrogen-bond acceptors (Lipinski definition) is 9. The van der Waals surface area contributed by atoms with Crippen LogP contribution >= 0.6 is 0 Å². The number of carbonyl (C=O) groups is 4. The van der Waals surface area contributed by atoms with Gasteiger partial charge in [0.1, 0.15) is 35.1 Å². The molecule has 1 aromatic heterocycles. The van der Waals surface area contributed by atoms with Gasteiger partial charge in [-0.25, -0.2) is 13.2 Å². The minimum atomic E-state index is -3.86. The van der Waals surface area contributed by atoms with E-state index in [1.54, 1.807) is 66.1 Å². The number of amides is 4. The fraction of sp³-hybridized carbons (Fsp3) is 0.633. The lowest BCUT2D eigenvalue weighted by atomic mass is 9.85. The van der Waals surface area contributed by atoms with Crippen LogP contribution in [0, 0.1) is 11.3 Å². The monoisotopic (exact) mass is 633 g/mol. The fourth-order valence-corrected chi connectivity index (χ4v) is 6.61. The van der Waals surface area contributed by atoms with E-state index in [1.807, 2.05) is 0 Å². The summed E-state index contributed by atoms with van der Waals surface area (Å²) in [6.45, 7) is 14.2. The molecule has 3 N–H and O–H groups in total. The summed E-state index contributed by atoms with van der Waals surface area (Å²) >= 11 is 0. The Hall–Kier alpha value is -3.68. The van der Waals surface area contributed by atoms with Gasteiger partial charge in [-0.1, -0.05) is 26.8 Å². The Morgan fingerprint density at radius 1 is 1.11 bits per heavy atom. The number of ether oxygens (including phenoxy) is 2. The van der Waals surface area contributed by atoms with Crippen molar-refractivity contribution >= 4 is 33.8 Å². The van der Waals surface area contributed by atoms with Gasteiger partial charge in [-0.2, -0.15) is 0 Å². The first kappa shape index (κ1) is 33.2. The number of nitrogens with one attached hydrogen (secondary N) is 3. The molecule has 4 rings (SSSR count). The molecule has 1 saturated heterocycles. The van der Waals surface area contributed by atoms with Crippen molar-refractivity contribution in [3.63, 3.8) is 0 Å². The van der Waals surface area contributed by atoms with Crippen LogP contribution in [-0.4, -0.2) is 83.2 Å². The summed E-state index contributed by atoms with van der Waals surface area (Å²) in [5.41, 5.74) is -3.09. The smallest absolute Gasteiger partial charge is 0.408 e. The van der Waals surface area contributed by atoms with Gasteiger partial charge in [-0.05, 0) is 57.6 Å². The van der Waals surface area contributed by atoms with Gasteiger partial charge in [-0.15, -0.1) is 6.58 Å². The Balaban J connectivity index is 1.59. The van der Waals surface area contributed by atoms with Crippen LogP contribution in [0.5, 0.6) is 5.75 Å². The molecule has 242 valence electrons. The third-order valence-electron chi connectivity index (χ3n) is 7.82. The molecule has 4 amide bonds. The average Bonchev–Trinajstić information content (AvgIpc) is 3.83. The highest BCUT2D eigenvalue weighted by molar-refractivity contribution is 7.91. The topological polar surface area (TPSA) is 173 Å². The van der Waals surface area contributed by atoms with Crippen molar-refractivity contribution in [2.45, 2.75) is 102 Å². The first-order chi connectivity index (χ1) is 20.4. The van der Waals surface area contributed by atoms with Gasteiger partial charge in [0.15, 0.2) is 0 Å². The van der Waals surface area contributed by atoms with Gasteiger partial charge >= 0.3 is 6.09 Å². The first-order valence-electron chi connectivity index (χ1n) is 14.7. The molecule has 1 aromatic rings. The molecule has 0 bridgehead atoms. The predicted octanol–water partition coefficient (Wildman–Crippen LogP) is 2.04. The maximum absolute atomic E-state index is 14.1. The molecular formula is C30H43N5O8S. The van der Waals surface area contributed by atoms with Gasteiger partial charge < -0.3 is 25.0 Å². The van der Waals surface area contributed by atoms with Crippen molar-refractivity contribution in [1.82, 2.24) is 25.2 Å². The van der Waals surface area contributed by atoms with E-state index in [2.05, 4.69) is 26.9 Å². The van der Waals surface area contributed by atoms with Crippen LogP contribution in [0.25, 0.3) is 0 Å². The zero-order valence-electron chi connectivity index (χ0n) is 26.1. The Labute approximate surface area is 258 Å². The Bertz CT molecular complexity index is 1400. The quantitative estimate of drug-likeness (QED) is 0.326. The minimum absolute atomic E-state index is 0.0158. The van der Waals surface area contributed by atoms with Gasteiger partial charge in [0.2, 0.25) is 21.8 Å². The lowest BCUT2D eigenvalue weighted by Crippen LogP contribution is -2.60. The second kappa shape index (κ2) is 12.0. The van der Waals surface area contributed by atoms with Crippen LogP contribution in [-0.2, 0) is 29.1 Å². The Kier molecular flexibility index (Phi) is 9.07. The van der Waals surface area contributed by atoms with Crippen molar-refractivity contribution < 1.29 is 37.1 Å². The molecule has 0 aromatic carbocycles. The lowest BCUT2D eigenvalue weighted by Gasteiger charge is -2.36. The van der Waals surface area contributed by atoms with E-state index < -0.39 is 79.7 Å². The molecule has 3 fully saturated rings. The second-order valence-corrected chi connectivity index (χ2v) is 15.8. The molecule has 13 nitrogen and oxygen atoms in total. The zero-order valence-corrected chi connectivity index (χ0v) is 26.9.